The number of hydrogen-bond acceptors (Lipinski definition) is 3. The average Bonchev–Trinajstić information content (AvgIpc) is 2.49. The molecule has 1 fully saturated rings. The Hall–Kier alpha value is -2.43. The first-order chi connectivity index (χ1) is 10.5. The smallest absolute Gasteiger partial charge is 0.252 e. The molecule has 2 amide bonds. The second kappa shape index (κ2) is 5.75. The summed E-state index contributed by atoms with van der Waals surface area (Å²) in [4.78, 5) is 28.9. The van der Waals surface area contributed by atoms with Gasteiger partial charge in [-0.1, -0.05) is 11.6 Å². The zero-order chi connectivity index (χ0) is 15.7. The summed E-state index contributed by atoms with van der Waals surface area (Å²) in [6.07, 6.45) is 1.56. The highest BCUT2D eigenvalue weighted by Crippen LogP contribution is 2.20. The van der Waals surface area contributed by atoms with Crippen LogP contribution < -0.4 is 10.6 Å². The maximum Gasteiger partial charge on any atom is 0.252 e. The fourth-order valence-electron chi connectivity index (χ4n) is 2.81. The van der Waals surface area contributed by atoms with Crippen LogP contribution in [0.2, 0.25) is 0 Å². The van der Waals surface area contributed by atoms with Crippen LogP contribution in [0.5, 0.6) is 0 Å². The molecule has 1 aliphatic heterocycles. The Kier molecular flexibility index (Phi) is 3.79. The van der Waals surface area contributed by atoms with Crippen molar-refractivity contribution in [3.05, 3.63) is 41.1 Å². The number of carbonyl (C=O) groups is 2. The second-order valence-corrected chi connectivity index (χ2v) is 5.79. The first-order valence-corrected chi connectivity index (χ1v) is 7.51. The Bertz CT molecular complexity index is 755. The number of pyridine rings is 1. The number of aromatic nitrogens is 1. The molecule has 0 bridgehead atoms. The van der Waals surface area contributed by atoms with Gasteiger partial charge >= 0.3 is 0 Å². The van der Waals surface area contributed by atoms with Gasteiger partial charge in [-0.15, -0.1) is 0 Å². The van der Waals surface area contributed by atoms with Gasteiger partial charge in [-0.2, -0.15) is 0 Å². The van der Waals surface area contributed by atoms with E-state index in [-0.39, 0.29) is 11.8 Å². The van der Waals surface area contributed by atoms with E-state index < -0.39 is 6.04 Å². The Morgan fingerprint density at radius 1 is 1.32 bits per heavy atom. The molecule has 2 aromatic rings. The van der Waals surface area contributed by atoms with Crippen molar-refractivity contribution in [1.82, 2.24) is 15.6 Å². The number of rotatable bonds is 2. The van der Waals surface area contributed by atoms with Crippen LogP contribution in [-0.2, 0) is 4.79 Å². The Balaban J connectivity index is 1.96. The third-order valence-electron chi connectivity index (χ3n) is 3.93. The molecule has 5 nitrogen and oxygen atoms in total. The van der Waals surface area contributed by atoms with Gasteiger partial charge in [0.1, 0.15) is 6.04 Å². The van der Waals surface area contributed by atoms with Crippen LogP contribution in [0.3, 0.4) is 0 Å². The molecule has 0 saturated carbocycles. The average molecular weight is 297 g/mol. The predicted octanol–water partition coefficient (Wildman–Crippen LogP) is 1.86. The van der Waals surface area contributed by atoms with E-state index in [1.54, 1.807) is 6.07 Å². The lowest BCUT2D eigenvalue weighted by atomic mass is 10.0. The second-order valence-electron chi connectivity index (χ2n) is 5.79. The van der Waals surface area contributed by atoms with Crippen LogP contribution in [-0.4, -0.2) is 29.4 Å². The van der Waals surface area contributed by atoms with Gasteiger partial charge in [-0.05, 0) is 44.9 Å². The van der Waals surface area contributed by atoms with Gasteiger partial charge in [0.05, 0.1) is 11.1 Å². The highest BCUT2D eigenvalue weighted by Gasteiger charge is 2.24. The van der Waals surface area contributed by atoms with Crippen LogP contribution in [0.25, 0.3) is 10.9 Å². The number of fused-ring (bicyclic) bond motifs is 1. The summed E-state index contributed by atoms with van der Waals surface area (Å²) in [6.45, 7) is 4.53. The molecule has 1 atom stereocenters. The summed E-state index contributed by atoms with van der Waals surface area (Å²) >= 11 is 0. The Morgan fingerprint density at radius 2 is 2.14 bits per heavy atom. The largest absolute Gasteiger partial charge is 0.354 e. The standard InChI is InChI=1S/C17H19N3O2/c1-10-5-6-14-12(8-10)13(9-11(2)19-14)16(21)20-15-4-3-7-18-17(15)22/h5-6,8-9,15H,3-4,7H2,1-2H3,(H,18,22)(H,20,21). The molecule has 2 N–H and O–H groups in total. The molecule has 0 spiro atoms. The number of nitrogens with one attached hydrogen (secondary N) is 2. The lowest BCUT2D eigenvalue weighted by Gasteiger charge is -2.23. The summed E-state index contributed by atoms with van der Waals surface area (Å²) in [5.41, 5.74) is 3.23. The molecule has 22 heavy (non-hydrogen) atoms. The van der Waals surface area contributed by atoms with Crippen LogP contribution in [0, 0.1) is 13.8 Å². The van der Waals surface area contributed by atoms with Crippen molar-refractivity contribution in [1.29, 1.82) is 0 Å². The number of carbonyl (C=O) groups excluding carboxylic acids is 2. The van der Waals surface area contributed by atoms with Gasteiger partial charge in [-0.3, -0.25) is 14.6 Å². The maximum atomic E-state index is 12.6. The lowest BCUT2D eigenvalue weighted by molar-refractivity contribution is -0.124. The van der Waals surface area contributed by atoms with Gasteiger partial charge in [0.15, 0.2) is 0 Å². The minimum Gasteiger partial charge on any atom is -0.354 e. The molecule has 1 aromatic carbocycles. The van der Waals surface area contributed by atoms with E-state index in [2.05, 4.69) is 15.6 Å². The number of amides is 2. The van der Waals surface area contributed by atoms with Gasteiger partial charge in [0.2, 0.25) is 5.91 Å². The van der Waals surface area contributed by atoms with Crippen LogP contribution >= 0.6 is 0 Å². The number of hydrogen-bond donors (Lipinski definition) is 2. The molecule has 0 aliphatic carbocycles. The minimum atomic E-state index is -0.449. The van der Waals surface area contributed by atoms with E-state index in [4.69, 9.17) is 0 Å². The van der Waals surface area contributed by atoms with Gasteiger partial charge < -0.3 is 10.6 Å². The highest BCUT2D eigenvalue weighted by molar-refractivity contribution is 6.07. The van der Waals surface area contributed by atoms with Gasteiger partial charge in [0.25, 0.3) is 5.91 Å². The molecule has 1 unspecified atom stereocenters. The number of nitrogens with zero attached hydrogens (tertiary/aromatic N) is 1. The van der Waals surface area contributed by atoms with E-state index in [0.29, 0.717) is 18.5 Å². The van der Waals surface area contributed by atoms with Gasteiger partial charge in [-0.25, -0.2) is 0 Å². The molecule has 1 saturated heterocycles. The highest BCUT2D eigenvalue weighted by atomic mass is 16.2. The van der Waals surface area contributed by atoms with Crippen molar-refractivity contribution in [2.45, 2.75) is 32.7 Å². The Morgan fingerprint density at radius 3 is 2.91 bits per heavy atom. The van der Waals surface area contributed by atoms with Crippen LogP contribution in [0.1, 0.15) is 34.5 Å². The molecular weight excluding hydrogens is 278 g/mol. The SMILES string of the molecule is Cc1ccc2nc(C)cc(C(=O)NC3CCCNC3=O)c2c1. The fourth-order valence-corrected chi connectivity index (χ4v) is 2.81. The zero-order valence-electron chi connectivity index (χ0n) is 12.8. The Labute approximate surface area is 129 Å². The zero-order valence-corrected chi connectivity index (χ0v) is 12.8. The normalized spacial score (nSPS) is 18.1. The van der Waals surface area contributed by atoms with Crippen molar-refractivity contribution in [2.24, 2.45) is 0 Å². The van der Waals surface area contributed by atoms with E-state index >= 15 is 0 Å². The minimum absolute atomic E-state index is 0.106. The molecular formula is C17H19N3O2. The summed E-state index contributed by atoms with van der Waals surface area (Å²) in [7, 11) is 0. The molecule has 5 heteroatoms. The quantitative estimate of drug-likeness (QED) is 0.889. The van der Waals surface area contributed by atoms with E-state index in [1.807, 2.05) is 32.0 Å². The first-order valence-electron chi connectivity index (χ1n) is 7.51. The molecule has 114 valence electrons. The molecule has 1 aliphatic rings. The topological polar surface area (TPSA) is 71.1 Å². The number of aryl methyl sites for hydroxylation is 2. The maximum absolute atomic E-state index is 12.6. The lowest BCUT2D eigenvalue weighted by Crippen LogP contribution is -2.50. The monoisotopic (exact) mass is 297 g/mol. The number of benzene rings is 1. The van der Waals surface area contributed by atoms with Gasteiger partial charge in [0, 0.05) is 17.6 Å². The summed E-state index contributed by atoms with van der Waals surface area (Å²) in [6, 6.07) is 7.18. The third-order valence-corrected chi connectivity index (χ3v) is 3.93. The van der Waals surface area contributed by atoms with E-state index in [9.17, 15) is 9.59 Å². The molecule has 2 heterocycles. The van der Waals surface area contributed by atoms with Crippen molar-refractivity contribution < 1.29 is 9.59 Å². The van der Waals surface area contributed by atoms with E-state index in [0.717, 1.165) is 28.6 Å². The summed E-state index contributed by atoms with van der Waals surface area (Å²) in [5, 5.41) is 6.44. The fraction of sp³-hybridized carbons (Fsp3) is 0.353. The summed E-state index contributed by atoms with van der Waals surface area (Å²) in [5.74, 6) is -0.325. The molecule has 1 aromatic heterocycles. The first kappa shape index (κ1) is 14.5. The van der Waals surface area contributed by atoms with Crippen LogP contribution in [0.4, 0.5) is 0 Å². The van der Waals surface area contributed by atoms with Crippen molar-refractivity contribution >= 4 is 22.7 Å². The predicted molar refractivity (Wildman–Crippen MR) is 84.7 cm³/mol. The van der Waals surface area contributed by atoms with Crippen molar-refractivity contribution in [2.75, 3.05) is 6.54 Å². The van der Waals surface area contributed by atoms with Crippen LogP contribution in [0.15, 0.2) is 24.3 Å². The van der Waals surface area contributed by atoms with E-state index in [1.165, 1.54) is 0 Å². The van der Waals surface area contributed by atoms with Crippen molar-refractivity contribution in [3.8, 4) is 0 Å². The molecule has 3 rings (SSSR count). The number of piperidine rings is 1. The van der Waals surface area contributed by atoms with Crippen molar-refractivity contribution in [3.63, 3.8) is 0 Å². The summed E-state index contributed by atoms with van der Waals surface area (Å²) < 4.78 is 0. The molecule has 0 radical (unpaired) electrons. The third kappa shape index (κ3) is 2.79.